The van der Waals surface area contributed by atoms with E-state index in [1.165, 1.54) is 0 Å². The van der Waals surface area contributed by atoms with E-state index in [9.17, 15) is 4.79 Å². The Morgan fingerprint density at radius 3 is 2.68 bits per heavy atom. The minimum atomic E-state index is -0.156. The van der Waals surface area contributed by atoms with Gasteiger partial charge in [0.05, 0.1) is 7.11 Å². The number of hydrogen-bond donors (Lipinski definition) is 1. The van der Waals surface area contributed by atoms with Crippen LogP contribution in [0.15, 0.2) is 46.9 Å². The topological polar surface area (TPSA) is 38.3 Å². The summed E-state index contributed by atoms with van der Waals surface area (Å²) < 4.78 is 6.14. The molecular formula is C15H14BrNO2. The Bertz CT molecular complexity index is 611. The number of rotatable bonds is 3. The highest BCUT2D eigenvalue weighted by molar-refractivity contribution is 9.10. The van der Waals surface area contributed by atoms with Crippen molar-refractivity contribution < 1.29 is 9.53 Å². The summed E-state index contributed by atoms with van der Waals surface area (Å²) >= 11 is 3.37. The molecule has 0 heterocycles. The second kappa shape index (κ2) is 5.89. The predicted molar refractivity (Wildman–Crippen MR) is 79.8 cm³/mol. The van der Waals surface area contributed by atoms with Gasteiger partial charge in [0.1, 0.15) is 5.75 Å². The molecule has 4 heteroatoms. The molecule has 0 aliphatic rings. The fourth-order valence-electron chi connectivity index (χ4n) is 1.73. The highest BCUT2D eigenvalue weighted by atomic mass is 79.9. The molecule has 98 valence electrons. The van der Waals surface area contributed by atoms with Gasteiger partial charge >= 0.3 is 0 Å². The molecule has 0 aliphatic heterocycles. The Labute approximate surface area is 120 Å². The maximum absolute atomic E-state index is 12.1. The van der Waals surface area contributed by atoms with Crippen molar-refractivity contribution in [1.82, 2.24) is 0 Å². The number of amides is 1. The number of hydrogen-bond acceptors (Lipinski definition) is 2. The molecule has 0 aliphatic carbocycles. The van der Waals surface area contributed by atoms with Gasteiger partial charge in [-0.15, -0.1) is 0 Å². The lowest BCUT2D eigenvalue weighted by atomic mass is 10.1. The zero-order valence-corrected chi connectivity index (χ0v) is 12.3. The Hall–Kier alpha value is -1.81. The molecule has 0 radical (unpaired) electrons. The number of aryl methyl sites for hydroxylation is 1. The van der Waals surface area contributed by atoms with Gasteiger partial charge < -0.3 is 10.1 Å². The zero-order valence-electron chi connectivity index (χ0n) is 10.7. The first kappa shape index (κ1) is 13.6. The van der Waals surface area contributed by atoms with Gasteiger partial charge in [0.2, 0.25) is 0 Å². The summed E-state index contributed by atoms with van der Waals surface area (Å²) in [7, 11) is 1.60. The quantitative estimate of drug-likeness (QED) is 0.928. The van der Waals surface area contributed by atoms with Crippen LogP contribution in [0.4, 0.5) is 5.69 Å². The van der Waals surface area contributed by atoms with Crippen LogP contribution in [-0.4, -0.2) is 13.0 Å². The minimum Gasteiger partial charge on any atom is -0.496 e. The average Bonchev–Trinajstić information content (AvgIpc) is 2.39. The van der Waals surface area contributed by atoms with Gasteiger partial charge in [0.15, 0.2) is 0 Å². The number of carbonyl (C=O) groups excluding carboxylic acids is 1. The number of methoxy groups -OCH3 is 1. The number of benzene rings is 2. The van der Waals surface area contributed by atoms with E-state index >= 15 is 0 Å². The van der Waals surface area contributed by atoms with Crippen LogP contribution in [0, 0.1) is 6.92 Å². The van der Waals surface area contributed by atoms with Crippen LogP contribution in [0.25, 0.3) is 0 Å². The van der Waals surface area contributed by atoms with Gasteiger partial charge in [0, 0.05) is 15.7 Å². The SMILES string of the molecule is COc1cc(C(=O)Nc2cccc(Br)c2)ccc1C. The summed E-state index contributed by atoms with van der Waals surface area (Å²) in [6.45, 7) is 1.94. The summed E-state index contributed by atoms with van der Waals surface area (Å²) in [6, 6.07) is 12.9. The molecule has 0 atom stereocenters. The molecule has 0 aromatic heterocycles. The first-order chi connectivity index (χ1) is 9.10. The Kier molecular flexibility index (Phi) is 4.22. The van der Waals surface area contributed by atoms with Crippen LogP contribution in [0.2, 0.25) is 0 Å². The van der Waals surface area contributed by atoms with Crippen molar-refractivity contribution >= 4 is 27.5 Å². The van der Waals surface area contributed by atoms with Crippen LogP contribution >= 0.6 is 15.9 Å². The Balaban J connectivity index is 2.20. The molecular weight excluding hydrogens is 306 g/mol. The van der Waals surface area contributed by atoms with E-state index in [0.29, 0.717) is 11.3 Å². The molecule has 1 N–H and O–H groups in total. The lowest BCUT2D eigenvalue weighted by Crippen LogP contribution is -2.12. The smallest absolute Gasteiger partial charge is 0.255 e. The average molecular weight is 320 g/mol. The van der Waals surface area contributed by atoms with E-state index in [-0.39, 0.29) is 5.91 Å². The summed E-state index contributed by atoms with van der Waals surface area (Å²) in [5, 5.41) is 2.85. The third-order valence-electron chi connectivity index (χ3n) is 2.75. The number of nitrogens with one attached hydrogen (secondary N) is 1. The molecule has 1 amide bonds. The fraction of sp³-hybridized carbons (Fsp3) is 0.133. The Morgan fingerprint density at radius 1 is 1.21 bits per heavy atom. The molecule has 2 aromatic rings. The molecule has 0 fully saturated rings. The van der Waals surface area contributed by atoms with Gasteiger partial charge in [-0.05, 0) is 42.8 Å². The molecule has 2 rings (SSSR count). The first-order valence-electron chi connectivity index (χ1n) is 5.81. The highest BCUT2D eigenvalue weighted by Crippen LogP contribution is 2.21. The fourth-order valence-corrected chi connectivity index (χ4v) is 2.13. The molecule has 0 bridgehead atoms. The van der Waals surface area contributed by atoms with E-state index in [2.05, 4.69) is 21.2 Å². The first-order valence-corrected chi connectivity index (χ1v) is 6.61. The number of halogens is 1. The van der Waals surface area contributed by atoms with Crippen molar-refractivity contribution in [3.63, 3.8) is 0 Å². The number of anilines is 1. The van der Waals surface area contributed by atoms with Crippen molar-refractivity contribution in [3.8, 4) is 5.75 Å². The van der Waals surface area contributed by atoms with Gasteiger partial charge in [-0.2, -0.15) is 0 Å². The van der Waals surface area contributed by atoms with Crippen LogP contribution in [0.1, 0.15) is 15.9 Å². The van der Waals surface area contributed by atoms with Crippen LogP contribution < -0.4 is 10.1 Å². The van der Waals surface area contributed by atoms with E-state index in [1.807, 2.05) is 37.3 Å². The van der Waals surface area contributed by atoms with Crippen molar-refractivity contribution in [2.45, 2.75) is 6.92 Å². The van der Waals surface area contributed by atoms with E-state index in [1.54, 1.807) is 19.2 Å². The minimum absolute atomic E-state index is 0.156. The van der Waals surface area contributed by atoms with Gasteiger partial charge in [-0.3, -0.25) is 4.79 Å². The van der Waals surface area contributed by atoms with Crippen molar-refractivity contribution in [2.75, 3.05) is 12.4 Å². The molecule has 3 nitrogen and oxygen atoms in total. The second-order valence-corrected chi connectivity index (χ2v) is 5.06. The summed E-state index contributed by atoms with van der Waals surface area (Å²) in [6.07, 6.45) is 0. The van der Waals surface area contributed by atoms with Gasteiger partial charge in [-0.25, -0.2) is 0 Å². The second-order valence-electron chi connectivity index (χ2n) is 4.15. The monoisotopic (exact) mass is 319 g/mol. The normalized spacial score (nSPS) is 10.1. The maximum atomic E-state index is 12.1. The third-order valence-corrected chi connectivity index (χ3v) is 3.25. The van der Waals surface area contributed by atoms with Crippen LogP contribution in [-0.2, 0) is 0 Å². The van der Waals surface area contributed by atoms with Crippen molar-refractivity contribution in [3.05, 3.63) is 58.1 Å². The van der Waals surface area contributed by atoms with Crippen molar-refractivity contribution in [2.24, 2.45) is 0 Å². The van der Waals surface area contributed by atoms with Gasteiger partial charge in [-0.1, -0.05) is 28.1 Å². The lowest BCUT2D eigenvalue weighted by Gasteiger charge is -2.09. The standard InChI is InChI=1S/C15H14BrNO2/c1-10-6-7-11(8-14(10)19-2)15(18)17-13-5-3-4-12(16)9-13/h3-9H,1-2H3,(H,17,18). The zero-order chi connectivity index (χ0) is 13.8. The van der Waals surface area contributed by atoms with Gasteiger partial charge in [0.25, 0.3) is 5.91 Å². The van der Waals surface area contributed by atoms with E-state index in [4.69, 9.17) is 4.74 Å². The number of carbonyl (C=O) groups is 1. The molecule has 0 unspecified atom stereocenters. The molecule has 0 spiro atoms. The highest BCUT2D eigenvalue weighted by Gasteiger charge is 2.08. The van der Waals surface area contributed by atoms with Crippen molar-refractivity contribution in [1.29, 1.82) is 0 Å². The third kappa shape index (κ3) is 3.35. The largest absolute Gasteiger partial charge is 0.496 e. The maximum Gasteiger partial charge on any atom is 0.255 e. The summed E-state index contributed by atoms with van der Waals surface area (Å²) in [5.41, 5.74) is 2.32. The molecule has 2 aromatic carbocycles. The van der Waals surface area contributed by atoms with Crippen LogP contribution in [0.3, 0.4) is 0 Å². The summed E-state index contributed by atoms with van der Waals surface area (Å²) in [4.78, 5) is 12.1. The van der Waals surface area contributed by atoms with E-state index in [0.717, 1.165) is 15.7 Å². The molecule has 19 heavy (non-hydrogen) atoms. The molecule has 0 saturated carbocycles. The predicted octanol–water partition coefficient (Wildman–Crippen LogP) is 4.02. The Morgan fingerprint density at radius 2 is 2.00 bits per heavy atom. The van der Waals surface area contributed by atoms with E-state index < -0.39 is 0 Å². The number of ether oxygens (including phenoxy) is 1. The lowest BCUT2D eigenvalue weighted by molar-refractivity contribution is 0.102. The summed E-state index contributed by atoms with van der Waals surface area (Å²) in [5.74, 6) is 0.554. The van der Waals surface area contributed by atoms with Crippen LogP contribution in [0.5, 0.6) is 5.75 Å². The molecule has 0 saturated heterocycles.